The second kappa shape index (κ2) is 4.76. The van der Waals surface area contributed by atoms with Gasteiger partial charge >= 0.3 is 0 Å². The monoisotopic (exact) mass is 212 g/mol. The zero-order valence-electron chi connectivity index (χ0n) is 8.11. The van der Waals surface area contributed by atoms with Crippen LogP contribution in [-0.4, -0.2) is 18.9 Å². The van der Waals surface area contributed by atoms with Gasteiger partial charge in [0.25, 0.3) is 5.91 Å². The molecule has 0 aromatic carbocycles. The number of ether oxygens (including phenoxy) is 1. The molecule has 1 amide bonds. The molecule has 0 saturated carbocycles. The summed E-state index contributed by atoms with van der Waals surface area (Å²) < 4.78 is 4.94. The number of nitrogens with two attached hydrogens (primary N) is 1. The standard InChI is InChI=1S/C9H12N2O2S/c1-3-13-5-11-9-7(8(10)12)4-6(2)14-9/h4-5H,3H2,1-2H3,(H2,10,12). The second-order valence-corrected chi connectivity index (χ2v) is 3.86. The fourth-order valence-corrected chi connectivity index (χ4v) is 1.78. The van der Waals surface area contributed by atoms with Crippen molar-refractivity contribution in [2.24, 2.45) is 10.7 Å². The lowest BCUT2D eigenvalue weighted by Gasteiger charge is -1.93. The van der Waals surface area contributed by atoms with Crippen LogP contribution < -0.4 is 5.73 Å². The molecule has 76 valence electrons. The molecule has 1 heterocycles. The molecule has 0 atom stereocenters. The van der Waals surface area contributed by atoms with E-state index in [9.17, 15) is 4.79 Å². The number of aryl methyl sites for hydroxylation is 1. The zero-order valence-corrected chi connectivity index (χ0v) is 8.93. The van der Waals surface area contributed by atoms with Crippen LogP contribution >= 0.6 is 11.3 Å². The average Bonchev–Trinajstić information content (AvgIpc) is 2.47. The highest BCUT2D eigenvalue weighted by Gasteiger charge is 2.10. The van der Waals surface area contributed by atoms with Crippen molar-refractivity contribution in [1.29, 1.82) is 0 Å². The molecule has 0 saturated heterocycles. The SMILES string of the molecule is CCOC=Nc1sc(C)cc1C(N)=O. The predicted molar refractivity (Wildman–Crippen MR) is 57.4 cm³/mol. The number of rotatable bonds is 4. The van der Waals surface area contributed by atoms with E-state index in [1.54, 1.807) is 6.07 Å². The van der Waals surface area contributed by atoms with Crippen LogP contribution in [0.15, 0.2) is 11.1 Å². The highest BCUT2D eigenvalue weighted by molar-refractivity contribution is 7.16. The number of aliphatic imine (C=N–C) groups is 1. The highest BCUT2D eigenvalue weighted by atomic mass is 32.1. The first-order valence-electron chi connectivity index (χ1n) is 4.19. The Balaban J connectivity index is 2.89. The molecule has 2 N–H and O–H groups in total. The van der Waals surface area contributed by atoms with Crippen LogP contribution in [0.4, 0.5) is 5.00 Å². The minimum Gasteiger partial charge on any atom is -0.483 e. The Hall–Kier alpha value is -1.36. The normalized spacial score (nSPS) is 10.7. The van der Waals surface area contributed by atoms with Crippen molar-refractivity contribution in [1.82, 2.24) is 0 Å². The van der Waals surface area contributed by atoms with E-state index in [-0.39, 0.29) is 0 Å². The third kappa shape index (κ3) is 2.56. The Labute approximate surface area is 86.4 Å². The highest BCUT2D eigenvalue weighted by Crippen LogP contribution is 2.29. The van der Waals surface area contributed by atoms with Gasteiger partial charge in [0.2, 0.25) is 0 Å². The Morgan fingerprint density at radius 1 is 1.79 bits per heavy atom. The van der Waals surface area contributed by atoms with Crippen LogP contribution in [0.3, 0.4) is 0 Å². The van der Waals surface area contributed by atoms with E-state index in [2.05, 4.69) is 4.99 Å². The summed E-state index contributed by atoms with van der Waals surface area (Å²) >= 11 is 1.41. The summed E-state index contributed by atoms with van der Waals surface area (Å²) in [7, 11) is 0. The molecule has 0 unspecified atom stereocenters. The van der Waals surface area contributed by atoms with Crippen LogP contribution in [-0.2, 0) is 4.74 Å². The molecule has 1 aromatic rings. The number of primary amides is 1. The zero-order chi connectivity index (χ0) is 10.6. The van der Waals surface area contributed by atoms with Gasteiger partial charge in [-0.05, 0) is 19.9 Å². The molecule has 0 aliphatic carbocycles. The lowest BCUT2D eigenvalue weighted by Crippen LogP contribution is -2.09. The number of amides is 1. The number of nitrogens with zero attached hydrogens (tertiary/aromatic N) is 1. The van der Waals surface area contributed by atoms with Gasteiger partial charge in [0.1, 0.15) is 5.00 Å². The minimum atomic E-state index is -0.460. The number of carbonyl (C=O) groups is 1. The Morgan fingerprint density at radius 2 is 2.50 bits per heavy atom. The largest absolute Gasteiger partial charge is 0.483 e. The molecule has 5 heteroatoms. The van der Waals surface area contributed by atoms with Crippen LogP contribution in [0.25, 0.3) is 0 Å². The van der Waals surface area contributed by atoms with Crippen molar-refractivity contribution >= 4 is 28.6 Å². The van der Waals surface area contributed by atoms with Gasteiger partial charge < -0.3 is 10.5 Å². The maximum Gasteiger partial charge on any atom is 0.251 e. The fraction of sp³-hybridized carbons (Fsp3) is 0.333. The topological polar surface area (TPSA) is 64.7 Å². The van der Waals surface area contributed by atoms with Crippen molar-refractivity contribution in [2.75, 3.05) is 6.61 Å². The molecule has 0 spiro atoms. The van der Waals surface area contributed by atoms with E-state index in [0.717, 1.165) is 4.88 Å². The molecule has 0 radical (unpaired) electrons. The maximum absolute atomic E-state index is 11.0. The van der Waals surface area contributed by atoms with Gasteiger partial charge in [-0.3, -0.25) is 4.79 Å². The number of hydrogen-bond donors (Lipinski definition) is 1. The van der Waals surface area contributed by atoms with E-state index in [0.29, 0.717) is 17.2 Å². The summed E-state index contributed by atoms with van der Waals surface area (Å²) in [5, 5.41) is 0.600. The first-order chi connectivity index (χ1) is 6.65. The lowest BCUT2D eigenvalue weighted by atomic mass is 10.3. The van der Waals surface area contributed by atoms with Crippen LogP contribution in [0.1, 0.15) is 22.2 Å². The van der Waals surface area contributed by atoms with E-state index in [1.165, 1.54) is 17.7 Å². The first kappa shape index (κ1) is 10.7. The number of thiophene rings is 1. The van der Waals surface area contributed by atoms with E-state index < -0.39 is 5.91 Å². The summed E-state index contributed by atoms with van der Waals surface area (Å²) in [6.07, 6.45) is 1.33. The summed E-state index contributed by atoms with van der Waals surface area (Å²) in [5.74, 6) is -0.460. The molecule has 1 rings (SSSR count). The van der Waals surface area contributed by atoms with Crippen LogP contribution in [0.2, 0.25) is 0 Å². The van der Waals surface area contributed by atoms with Gasteiger partial charge in [-0.15, -0.1) is 11.3 Å². The summed E-state index contributed by atoms with van der Waals surface area (Å²) in [6.45, 7) is 4.32. The van der Waals surface area contributed by atoms with Crippen LogP contribution in [0.5, 0.6) is 0 Å². The van der Waals surface area contributed by atoms with Gasteiger partial charge in [-0.1, -0.05) is 0 Å². The third-order valence-corrected chi connectivity index (χ3v) is 2.47. The van der Waals surface area contributed by atoms with Crippen molar-refractivity contribution < 1.29 is 9.53 Å². The smallest absolute Gasteiger partial charge is 0.251 e. The van der Waals surface area contributed by atoms with E-state index in [1.807, 2.05) is 13.8 Å². The van der Waals surface area contributed by atoms with Gasteiger partial charge in [0.15, 0.2) is 6.40 Å². The average molecular weight is 212 g/mol. The second-order valence-electron chi connectivity index (χ2n) is 2.63. The molecule has 14 heavy (non-hydrogen) atoms. The third-order valence-electron chi connectivity index (χ3n) is 1.51. The van der Waals surface area contributed by atoms with Gasteiger partial charge in [0, 0.05) is 4.88 Å². The Bertz CT molecular complexity index is 358. The van der Waals surface area contributed by atoms with Crippen molar-refractivity contribution in [3.63, 3.8) is 0 Å². The molecule has 0 fully saturated rings. The molecular formula is C9H12N2O2S. The lowest BCUT2D eigenvalue weighted by molar-refractivity contribution is 0.100. The number of carbonyl (C=O) groups excluding carboxylic acids is 1. The number of hydrogen-bond acceptors (Lipinski definition) is 4. The molecule has 0 aliphatic rings. The summed E-state index contributed by atoms with van der Waals surface area (Å²) in [4.78, 5) is 16.0. The molecule has 4 nitrogen and oxygen atoms in total. The maximum atomic E-state index is 11.0. The summed E-state index contributed by atoms with van der Waals surface area (Å²) in [5.41, 5.74) is 5.63. The molecular weight excluding hydrogens is 200 g/mol. The Kier molecular flexibility index (Phi) is 3.64. The van der Waals surface area contributed by atoms with Crippen molar-refractivity contribution in [3.05, 3.63) is 16.5 Å². The Morgan fingerprint density at radius 3 is 3.07 bits per heavy atom. The van der Waals surface area contributed by atoms with Crippen molar-refractivity contribution in [3.8, 4) is 0 Å². The quantitative estimate of drug-likeness (QED) is 0.611. The first-order valence-corrected chi connectivity index (χ1v) is 5.01. The summed E-state index contributed by atoms with van der Waals surface area (Å²) in [6, 6.07) is 1.73. The van der Waals surface area contributed by atoms with Gasteiger partial charge in [-0.25, -0.2) is 4.99 Å². The van der Waals surface area contributed by atoms with Crippen molar-refractivity contribution in [2.45, 2.75) is 13.8 Å². The molecule has 0 aliphatic heterocycles. The van der Waals surface area contributed by atoms with E-state index >= 15 is 0 Å². The van der Waals surface area contributed by atoms with Gasteiger partial charge in [0.05, 0.1) is 12.2 Å². The van der Waals surface area contributed by atoms with E-state index in [4.69, 9.17) is 10.5 Å². The van der Waals surface area contributed by atoms with Gasteiger partial charge in [-0.2, -0.15) is 0 Å². The van der Waals surface area contributed by atoms with Crippen LogP contribution in [0, 0.1) is 6.92 Å². The fourth-order valence-electron chi connectivity index (χ4n) is 0.934. The minimum absolute atomic E-state index is 0.448. The molecule has 1 aromatic heterocycles. The predicted octanol–water partition coefficient (Wildman–Crippen LogP) is 1.85. The molecule has 0 bridgehead atoms.